The van der Waals surface area contributed by atoms with Crippen molar-refractivity contribution in [2.75, 3.05) is 48.3 Å². The van der Waals surface area contributed by atoms with Gasteiger partial charge in [0.1, 0.15) is 29.8 Å². The van der Waals surface area contributed by atoms with Crippen LogP contribution < -0.4 is 20.9 Å². The maximum absolute atomic E-state index is 11.9. The van der Waals surface area contributed by atoms with Crippen molar-refractivity contribution >= 4 is 35.0 Å². The fraction of sp³-hybridized carbons (Fsp3) is 0.486. The molecule has 0 saturated carbocycles. The van der Waals surface area contributed by atoms with Crippen molar-refractivity contribution in [3.8, 4) is 0 Å². The number of carbonyl (C=O) groups excluding carboxylic acids is 2. The molecular formula is C35H41F6N7O4. The average Bonchev–Trinajstić information content (AvgIpc) is 3.13. The lowest BCUT2D eigenvalue weighted by Crippen LogP contribution is -2.43. The zero-order valence-corrected chi connectivity index (χ0v) is 28.5. The average molecular weight is 738 g/mol. The number of hydrogen-bond acceptors (Lipinski definition) is 10. The molecule has 52 heavy (non-hydrogen) atoms. The van der Waals surface area contributed by atoms with Gasteiger partial charge in [0.15, 0.2) is 0 Å². The summed E-state index contributed by atoms with van der Waals surface area (Å²) in [4.78, 5) is 47.6. The van der Waals surface area contributed by atoms with E-state index in [4.69, 9.17) is 4.98 Å². The van der Waals surface area contributed by atoms with Crippen molar-refractivity contribution in [2.45, 2.75) is 76.2 Å². The Hall–Kier alpha value is -4.80. The lowest BCUT2D eigenvalue weighted by molar-refractivity contribution is -0.193. The molecule has 0 aliphatic carbocycles. The van der Waals surface area contributed by atoms with E-state index in [9.17, 15) is 45.8 Å². The second-order valence-electron chi connectivity index (χ2n) is 12.4. The van der Waals surface area contributed by atoms with Crippen molar-refractivity contribution < 1.29 is 45.8 Å². The quantitative estimate of drug-likeness (QED) is 0.1000. The summed E-state index contributed by atoms with van der Waals surface area (Å²) in [6.45, 7) is 5.80. The van der Waals surface area contributed by atoms with Gasteiger partial charge in [0.25, 0.3) is 0 Å². The number of halogens is 6. The Labute approximate surface area is 296 Å². The number of aryl methyl sites for hydroxylation is 2. The van der Waals surface area contributed by atoms with Crippen LogP contribution in [0.1, 0.15) is 60.9 Å². The summed E-state index contributed by atoms with van der Waals surface area (Å²) < 4.78 is 67.0. The number of carboxylic acid groups (broad SMARTS) is 1. The molecule has 1 saturated heterocycles. The number of hydrogen-bond donors (Lipinski definition) is 4. The molecule has 0 amide bonds. The first-order chi connectivity index (χ1) is 24.7. The predicted octanol–water partition coefficient (Wildman–Crippen LogP) is 5.51. The maximum Gasteiger partial charge on any atom is 0.458 e. The van der Waals surface area contributed by atoms with Crippen LogP contribution in [0, 0.1) is 0 Å². The summed E-state index contributed by atoms with van der Waals surface area (Å²) in [6, 6.07) is 14.0. The van der Waals surface area contributed by atoms with Crippen LogP contribution in [0.3, 0.4) is 0 Å². The number of aliphatic carboxylic acids is 1. The molecule has 1 atom stereocenters. The van der Waals surface area contributed by atoms with Crippen molar-refractivity contribution in [1.82, 2.24) is 20.3 Å². The fourth-order valence-electron chi connectivity index (χ4n) is 6.03. The number of anilines is 3. The van der Waals surface area contributed by atoms with Crippen molar-refractivity contribution in [2.24, 2.45) is 0 Å². The molecule has 2 aliphatic rings. The highest BCUT2D eigenvalue weighted by Gasteiger charge is 2.54. The van der Waals surface area contributed by atoms with Crippen LogP contribution in [-0.2, 0) is 33.6 Å². The van der Waals surface area contributed by atoms with E-state index in [1.54, 1.807) is 6.33 Å². The first-order valence-electron chi connectivity index (χ1n) is 17.0. The van der Waals surface area contributed by atoms with Gasteiger partial charge in [-0.1, -0.05) is 43.3 Å². The maximum atomic E-state index is 11.9. The molecule has 11 nitrogen and oxygen atoms in total. The van der Waals surface area contributed by atoms with Gasteiger partial charge in [-0.25, -0.2) is 15.0 Å². The number of fused-ring (bicyclic) bond motifs is 1. The number of carbonyl (C=O) groups is 3. The third-order valence-corrected chi connectivity index (χ3v) is 8.77. The number of nitrogens with one attached hydrogen (secondary N) is 3. The second-order valence-corrected chi connectivity index (χ2v) is 12.4. The lowest BCUT2D eigenvalue weighted by atomic mass is 9.92. The van der Waals surface area contributed by atoms with Crippen molar-refractivity contribution in [3.63, 3.8) is 0 Å². The van der Waals surface area contributed by atoms with Crippen LogP contribution in [0.5, 0.6) is 0 Å². The van der Waals surface area contributed by atoms with E-state index in [1.165, 1.54) is 23.2 Å². The Balaban J connectivity index is 0.000000434. The number of Topliss-reactive ketones (excluding diaryl/α,β-unsaturated/α-hetero) is 2. The van der Waals surface area contributed by atoms with E-state index >= 15 is 0 Å². The molecule has 1 aromatic carbocycles. The molecule has 2 aliphatic heterocycles. The molecule has 2 aromatic heterocycles. The van der Waals surface area contributed by atoms with Crippen LogP contribution in [0.2, 0.25) is 0 Å². The molecule has 3 aromatic rings. The monoisotopic (exact) mass is 737 g/mol. The standard InChI is InChI=1S/C31H41N7O2.C4F6O2/c1-2-25-29(34-20-27(31(39)40)32-16-6-10-22-8-4-3-5-9-22)35-21-36-30(25)38-18-14-23(15-19-38)26-13-12-24-11-7-17-33-28(24)37-26;5-3(6,7)1(11)2(12)4(8,9)10/h3-5,8-9,12-13,21,23,27,32H,2,6-7,10-11,14-20H2,1H3,(H,33,37)(H,39,40)(H,34,35,36);/t27-;/m0./s1. The molecule has 0 bridgehead atoms. The number of carboxylic acids is 1. The number of nitrogens with zero attached hydrogens (tertiary/aromatic N) is 4. The number of benzene rings is 1. The molecule has 1 fully saturated rings. The minimum atomic E-state index is -5.77. The summed E-state index contributed by atoms with van der Waals surface area (Å²) in [5.74, 6) is -4.51. The minimum absolute atomic E-state index is 0.254. The van der Waals surface area contributed by atoms with Gasteiger partial charge in [-0.05, 0) is 68.7 Å². The topological polar surface area (TPSA) is 149 Å². The first-order valence-corrected chi connectivity index (χ1v) is 17.0. The molecule has 4 N–H and O–H groups in total. The fourth-order valence-corrected chi connectivity index (χ4v) is 6.03. The minimum Gasteiger partial charge on any atom is -0.480 e. The van der Waals surface area contributed by atoms with Crippen LogP contribution in [-0.4, -0.2) is 88.7 Å². The van der Waals surface area contributed by atoms with Crippen molar-refractivity contribution in [3.05, 3.63) is 71.2 Å². The summed E-state index contributed by atoms with van der Waals surface area (Å²) in [5, 5.41) is 19.7. The van der Waals surface area contributed by atoms with Gasteiger partial charge >= 0.3 is 29.9 Å². The van der Waals surface area contributed by atoms with Crippen LogP contribution in [0.15, 0.2) is 48.8 Å². The zero-order valence-electron chi connectivity index (χ0n) is 28.5. The molecule has 282 valence electrons. The van der Waals surface area contributed by atoms with Crippen LogP contribution in [0.4, 0.5) is 43.8 Å². The van der Waals surface area contributed by atoms with Gasteiger partial charge in [0.05, 0.1) is 0 Å². The summed E-state index contributed by atoms with van der Waals surface area (Å²) in [5.41, 5.74) is 4.80. The number of piperidine rings is 1. The Morgan fingerprint density at radius 1 is 0.981 bits per heavy atom. The Morgan fingerprint density at radius 2 is 1.65 bits per heavy atom. The first kappa shape index (κ1) is 40.0. The third kappa shape index (κ3) is 11.1. The van der Waals surface area contributed by atoms with E-state index < -0.39 is 35.9 Å². The van der Waals surface area contributed by atoms with Crippen molar-refractivity contribution in [1.29, 1.82) is 0 Å². The summed E-state index contributed by atoms with van der Waals surface area (Å²) >= 11 is 0. The number of alkyl halides is 6. The van der Waals surface area contributed by atoms with E-state index in [2.05, 4.69) is 62.0 Å². The van der Waals surface area contributed by atoms with E-state index in [-0.39, 0.29) is 6.54 Å². The molecule has 0 spiro atoms. The zero-order chi connectivity index (χ0) is 37.9. The SMILES string of the molecule is CCc1c(NC[C@H](NCCCc2ccccc2)C(=O)O)ncnc1N1CCC(c2ccc3c(n2)NCCC3)CC1.O=C(C(=O)C(F)(F)F)C(F)(F)F. The van der Waals surface area contributed by atoms with Gasteiger partial charge < -0.3 is 26.0 Å². The van der Waals surface area contributed by atoms with E-state index in [0.29, 0.717) is 12.5 Å². The number of pyridine rings is 1. The van der Waals surface area contributed by atoms with Gasteiger partial charge in [-0.2, -0.15) is 26.3 Å². The normalized spacial score (nSPS) is 15.4. The summed E-state index contributed by atoms with van der Waals surface area (Å²) in [6.07, 6.45) is -3.08. The third-order valence-electron chi connectivity index (χ3n) is 8.77. The predicted molar refractivity (Wildman–Crippen MR) is 181 cm³/mol. The lowest BCUT2D eigenvalue weighted by Gasteiger charge is -2.34. The highest BCUT2D eigenvalue weighted by atomic mass is 19.4. The Kier molecular flexibility index (Phi) is 13.9. The largest absolute Gasteiger partial charge is 0.480 e. The van der Waals surface area contributed by atoms with E-state index in [0.717, 1.165) is 81.2 Å². The number of ketones is 2. The van der Waals surface area contributed by atoms with Gasteiger partial charge in [0.2, 0.25) is 0 Å². The molecule has 5 rings (SSSR count). The number of rotatable bonds is 13. The van der Waals surface area contributed by atoms with Crippen LogP contribution >= 0.6 is 0 Å². The van der Waals surface area contributed by atoms with Crippen LogP contribution in [0.25, 0.3) is 0 Å². The van der Waals surface area contributed by atoms with Gasteiger partial charge in [-0.3, -0.25) is 14.4 Å². The molecule has 0 unspecified atom stereocenters. The molecule has 17 heteroatoms. The Morgan fingerprint density at radius 3 is 2.27 bits per heavy atom. The second kappa shape index (κ2) is 18.1. The Bertz CT molecular complexity index is 1640. The van der Waals surface area contributed by atoms with E-state index in [1.807, 2.05) is 18.2 Å². The number of aromatic nitrogens is 3. The van der Waals surface area contributed by atoms with Gasteiger partial charge in [-0.15, -0.1) is 0 Å². The molecule has 0 radical (unpaired) electrons. The molecular weight excluding hydrogens is 696 g/mol. The van der Waals surface area contributed by atoms with Gasteiger partial charge in [0, 0.05) is 43.4 Å². The molecule has 4 heterocycles. The summed E-state index contributed by atoms with van der Waals surface area (Å²) in [7, 11) is 0. The highest BCUT2D eigenvalue weighted by molar-refractivity contribution is 6.41. The highest BCUT2D eigenvalue weighted by Crippen LogP contribution is 2.33. The smallest absolute Gasteiger partial charge is 0.458 e.